The van der Waals surface area contributed by atoms with E-state index in [1.165, 1.54) is 24.0 Å². The van der Waals surface area contributed by atoms with Gasteiger partial charge in [0.1, 0.15) is 0 Å². The van der Waals surface area contributed by atoms with Crippen LogP contribution in [0, 0.1) is 0 Å². The van der Waals surface area contributed by atoms with Gasteiger partial charge in [0.25, 0.3) is 0 Å². The normalized spacial score (nSPS) is 17.7. The molecule has 1 aliphatic carbocycles. The summed E-state index contributed by atoms with van der Waals surface area (Å²) in [4.78, 5) is 0. The van der Waals surface area contributed by atoms with Crippen LogP contribution in [0.4, 0.5) is 0 Å². The summed E-state index contributed by atoms with van der Waals surface area (Å²) in [6.45, 7) is 0.721. The summed E-state index contributed by atoms with van der Waals surface area (Å²) in [5.41, 5.74) is 8.42. The molecule has 0 heterocycles. The van der Waals surface area contributed by atoms with Gasteiger partial charge in [-0.05, 0) is 36.9 Å². The zero-order chi connectivity index (χ0) is 10.7. The quantitative estimate of drug-likeness (QED) is 0.797. The van der Waals surface area contributed by atoms with Crippen LogP contribution in [0.5, 0.6) is 0 Å². The van der Waals surface area contributed by atoms with Crippen LogP contribution in [0.1, 0.15) is 24.0 Å². The van der Waals surface area contributed by atoms with E-state index in [0.29, 0.717) is 0 Å². The number of benzene rings is 1. The van der Waals surface area contributed by atoms with Gasteiger partial charge >= 0.3 is 0 Å². The van der Waals surface area contributed by atoms with Crippen molar-refractivity contribution in [1.29, 1.82) is 0 Å². The zero-order valence-electron chi connectivity index (χ0n) is 9.33. The lowest BCUT2D eigenvalue weighted by Crippen LogP contribution is -2.15. The average molecular weight is 205 g/mol. The van der Waals surface area contributed by atoms with Gasteiger partial charge < -0.3 is 10.5 Å². The van der Waals surface area contributed by atoms with Crippen molar-refractivity contribution in [1.82, 2.24) is 0 Å². The summed E-state index contributed by atoms with van der Waals surface area (Å²) in [7, 11) is 1.82. The summed E-state index contributed by atoms with van der Waals surface area (Å²) in [6, 6.07) is 8.69. The van der Waals surface area contributed by atoms with Gasteiger partial charge in [0.05, 0.1) is 5.60 Å². The topological polar surface area (TPSA) is 35.2 Å². The SMILES string of the molecule is COC1(Cc2cccc(CCN)c2)CC1. The Balaban J connectivity index is 2.05. The monoisotopic (exact) mass is 205 g/mol. The summed E-state index contributed by atoms with van der Waals surface area (Å²) in [5, 5.41) is 0. The number of nitrogens with two attached hydrogens (primary N) is 1. The lowest BCUT2D eigenvalue weighted by Gasteiger charge is -2.13. The molecule has 0 bridgehead atoms. The molecule has 2 rings (SSSR count). The van der Waals surface area contributed by atoms with Gasteiger partial charge in [-0.2, -0.15) is 0 Å². The van der Waals surface area contributed by atoms with Crippen LogP contribution in [0.3, 0.4) is 0 Å². The molecule has 1 aliphatic rings. The minimum atomic E-state index is 0.154. The highest BCUT2D eigenvalue weighted by atomic mass is 16.5. The summed E-state index contributed by atoms with van der Waals surface area (Å²) in [5.74, 6) is 0. The van der Waals surface area contributed by atoms with E-state index in [-0.39, 0.29) is 5.60 Å². The highest BCUT2D eigenvalue weighted by molar-refractivity contribution is 5.26. The third-order valence-electron chi connectivity index (χ3n) is 3.19. The number of hydrogen-bond acceptors (Lipinski definition) is 2. The first-order valence-corrected chi connectivity index (χ1v) is 5.61. The number of ether oxygens (including phenoxy) is 1. The molecule has 0 radical (unpaired) electrons. The second-order valence-corrected chi connectivity index (χ2v) is 4.42. The average Bonchev–Trinajstić information content (AvgIpc) is 3.00. The van der Waals surface area contributed by atoms with Crippen LogP contribution in [-0.2, 0) is 17.6 Å². The lowest BCUT2D eigenvalue weighted by molar-refractivity contribution is 0.0807. The van der Waals surface area contributed by atoms with E-state index in [9.17, 15) is 0 Å². The van der Waals surface area contributed by atoms with Crippen molar-refractivity contribution in [2.45, 2.75) is 31.3 Å². The fourth-order valence-electron chi connectivity index (χ4n) is 2.03. The fourth-order valence-corrected chi connectivity index (χ4v) is 2.03. The van der Waals surface area contributed by atoms with Gasteiger partial charge in [-0.15, -0.1) is 0 Å². The maximum absolute atomic E-state index is 5.55. The number of hydrogen-bond donors (Lipinski definition) is 1. The van der Waals surface area contributed by atoms with Gasteiger partial charge in [0, 0.05) is 13.5 Å². The van der Waals surface area contributed by atoms with Crippen molar-refractivity contribution in [2.24, 2.45) is 5.73 Å². The van der Waals surface area contributed by atoms with Gasteiger partial charge in [-0.25, -0.2) is 0 Å². The molecule has 1 aromatic carbocycles. The van der Waals surface area contributed by atoms with Crippen molar-refractivity contribution in [2.75, 3.05) is 13.7 Å². The van der Waals surface area contributed by atoms with Crippen molar-refractivity contribution in [3.05, 3.63) is 35.4 Å². The van der Waals surface area contributed by atoms with Crippen molar-refractivity contribution in [3.8, 4) is 0 Å². The third-order valence-corrected chi connectivity index (χ3v) is 3.19. The van der Waals surface area contributed by atoms with Gasteiger partial charge in [-0.1, -0.05) is 24.3 Å². The Morgan fingerprint density at radius 1 is 1.33 bits per heavy atom. The molecular weight excluding hydrogens is 186 g/mol. The smallest absolute Gasteiger partial charge is 0.0721 e. The molecule has 2 N–H and O–H groups in total. The predicted molar refractivity (Wildman–Crippen MR) is 61.9 cm³/mol. The van der Waals surface area contributed by atoms with Crippen LogP contribution in [-0.4, -0.2) is 19.3 Å². The molecule has 1 saturated carbocycles. The molecule has 0 aliphatic heterocycles. The predicted octanol–water partition coefficient (Wildman–Crippen LogP) is 1.91. The van der Waals surface area contributed by atoms with Gasteiger partial charge in [0.2, 0.25) is 0 Å². The van der Waals surface area contributed by atoms with E-state index < -0.39 is 0 Å². The van der Waals surface area contributed by atoms with Crippen molar-refractivity contribution in [3.63, 3.8) is 0 Å². The van der Waals surface area contributed by atoms with E-state index in [1.54, 1.807) is 0 Å². The Kier molecular flexibility index (Phi) is 3.08. The maximum atomic E-state index is 5.55. The van der Waals surface area contributed by atoms with Crippen LogP contribution < -0.4 is 5.73 Å². The Labute approximate surface area is 91.4 Å². The van der Waals surface area contributed by atoms with E-state index in [0.717, 1.165) is 19.4 Å². The molecule has 0 saturated heterocycles. The van der Waals surface area contributed by atoms with Crippen LogP contribution in [0.2, 0.25) is 0 Å². The van der Waals surface area contributed by atoms with E-state index in [4.69, 9.17) is 10.5 Å². The Hall–Kier alpha value is -0.860. The molecule has 0 amide bonds. The molecule has 0 unspecified atom stereocenters. The molecule has 2 nitrogen and oxygen atoms in total. The number of rotatable bonds is 5. The van der Waals surface area contributed by atoms with Crippen molar-refractivity contribution < 1.29 is 4.74 Å². The highest BCUT2D eigenvalue weighted by Gasteiger charge is 2.42. The van der Waals surface area contributed by atoms with Gasteiger partial charge in [0.15, 0.2) is 0 Å². The summed E-state index contributed by atoms with van der Waals surface area (Å²) < 4.78 is 5.53. The first-order valence-electron chi connectivity index (χ1n) is 5.61. The fraction of sp³-hybridized carbons (Fsp3) is 0.538. The van der Waals surface area contributed by atoms with Crippen LogP contribution >= 0.6 is 0 Å². The molecule has 82 valence electrons. The number of methoxy groups -OCH3 is 1. The van der Waals surface area contributed by atoms with Crippen molar-refractivity contribution >= 4 is 0 Å². The minimum Gasteiger partial charge on any atom is -0.378 e. The molecule has 15 heavy (non-hydrogen) atoms. The Morgan fingerprint density at radius 2 is 2.07 bits per heavy atom. The second-order valence-electron chi connectivity index (χ2n) is 4.42. The van der Waals surface area contributed by atoms with Crippen LogP contribution in [0.25, 0.3) is 0 Å². The van der Waals surface area contributed by atoms with Gasteiger partial charge in [-0.3, -0.25) is 0 Å². The van der Waals surface area contributed by atoms with E-state index in [1.807, 2.05) is 7.11 Å². The van der Waals surface area contributed by atoms with E-state index >= 15 is 0 Å². The molecule has 0 spiro atoms. The largest absolute Gasteiger partial charge is 0.378 e. The highest BCUT2D eigenvalue weighted by Crippen LogP contribution is 2.41. The summed E-state index contributed by atoms with van der Waals surface area (Å²) >= 11 is 0. The van der Waals surface area contributed by atoms with E-state index in [2.05, 4.69) is 24.3 Å². The Bertz CT molecular complexity index is 331. The maximum Gasteiger partial charge on any atom is 0.0721 e. The molecule has 0 atom stereocenters. The minimum absolute atomic E-state index is 0.154. The second kappa shape index (κ2) is 4.33. The Morgan fingerprint density at radius 3 is 2.67 bits per heavy atom. The lowest BCUT2D eigenvalue weighted by atomic mass is 10.0. The molecule has 0 aromatic heterocycles. The van der Waals surface area contributed by atoms with Crippen LogP contribution in [0.15, 0.2) is 24.3 Å². The molecule has 1 aromatic rings. The zero-order valence-corrected chi connectivity index (χ0v) is 9.33. The third kappa shape index (κ3) is 2.58. The first-order chi connectivity index (χ1) is 7.28. The molecule has 2 heteroatoms. The first kappa shape index (κ1) is 10.7. The summed E-state index contributed by atoms with van der Waals surface area (Å²) in [6.07, 6.45) is 4.41. The molecule has 1 fully saturated rings. The standard InChI is InChI=1S/C13H19NO/c1-15-13(6-7-13)10-12-4-2-3-11(9-12)5-8-14/h2-4,9H,5-8,10,14H2,1H3. The molecular formula is C13H19NO.